The molecular weight excluding hydrogens is 360 g/mol. The Labute approximate surface area is 151 Å². The third kappa shape index (κ3) is 4.48. The minimum atomic E-state index is -1.02. The second-order valence-corrected chi connectivity index (χ2v) is 4.94. The fourth-order valence-electron chi connectivity index (χ4n) is 1.97. The Morgan fingerprint density at radius 3 is 2.30 bits per heavy atom. The predicted octanol–water partition coefficient (Wildman–Crippen LogP) is 3.69. The van der Waals surface area contributed by atoms with Crippen LogP contribution >= 0.6 is 0 Å². The van der Waals surface area contributed by atoms with E-state index in [1.807, 2.05) is 0 Å². The van der Waals surface area contributed by atoms with Crippen LogP contribution in [0, 0.1) is 20.2 Å². The lowest BCUT2D eigenvalue weighted by atomic mass is 10.1. The molecule has 0 heterocycles. The standard InChI is InChI=1S/C16H12N4O7/c1-27-16(22)14(15(21)10-5-3-2-4-6-10)18-17-12-8-7-11(19(23)24)9-13(12)20(25)26/h2-9,21H,1H3/b15-14-,18-17?. The number of non-ortho nitro benzene ring substituents is 1. The van der Waals surface area contributed by atoms with E-state index in [1.165, 1.54) is 12.1 Å². The van der Waals surface area contributed by atoms with Gasteiger partial charge in [0.25, 0.3) is 5.69 Å². The molecule has 2 aromatic carbocycles. The summed E-state index contributed by atoms with van der Waals surface area (Å²) < 4.78 is 4.54. The molecule has 11 heteroatoms. The molecule has 0 aliphatic carbocycles. The van der Waals surface area contributed by atoms with Crippen molar-refractivity contribution in [3.05, 3.63) is 80.0 Å². The van der Waals surface area contributed by atoms with Crippen molar-refractivity contribution < 1.29 is 24.5 Å². The molecular formula is C16H12N4O7. The summed E-state index contributed by atoms with van der Waals surface area (Å²) in [5, 5.41) is 39.3. The van der Waals surface area contributed by atoms with Gasteiger partial charge in [0.15, 0.2) is 11.4 Å². The number of hydrogen-bond acceptors (Lipinski definition) is 9. The highest BCUT2D eigenvalue weighted by atomic mass is 16.6. The first kappa shape index (κ1) is 19.2. The molecule has 0 unspecified atom stereocenters. The molecule has 138 valence electrons. The van der Waals surface area contributed by atoms with Crippen LogP contribution in [0.5, 0.6) is 0 Å². The van der Waals surface area contributed by atoms with Crippen LogP contribution in [0.25, 0.3) is 5.76 Å². The van der Waals surface area contributed by atoms with Gasteiger partial charge in [0.1, 0.15) is 0 Å². The molecule has 0 spiro atoms. The van der Waals surface area contributed by atoms with E-state index in [9.17, 15) is 30.1 Å². The predicted molar refractivity (Wildman–Crippen MR) is 92.3 cm³/mol. The summed E-state index contributed by atoms with van der Waals surface area (Å²) in [5.41, 5.74) is -1.87. The number of hydrogen-bond donors (Lipinski definition) is 1. The van der Waals surface area contributed by atoms with Crippen molar-refractivity contribution in [2.24, 2.45) is 10.2 Å². The van der Waals surface area contributed by atoms with Crippen LogP contribution in [0.3, 0.4) is 0 Å². The van der Waals surface area contributed by atoms with Crippen LogP contribution < -0.4 is 0 Å². The van der Waals surface area contributed by atoms with Crippen LogP contribution in [0.2, 0.25) is 0 Å². The molecule has 11 nitrogen and oxygen atoms in total. The number of nitro benzene ring substituents is 2. The van der Waals surface area contributed by atoms with Gasteiger partial charge in [0.05, 0.1) is 23.0 Å². The van der Waals surface area contributed by atoms with Crippen molar-refractivity contribution in [3.8, 4) is 0 Å². The smallest absolute Gasteiger partial charge is 0.362 e. The average molecular weight is 372 g/mol. The van der Waals surface area contributed by atoms with Gasteiger partial charge in [-0.1, -0.05) is 30.3 Å². The van der Waals surface area contributed by atoms with Crippen molar-refractivity contribution in [2.45, 2.75) is 0 Å². The first-order chi connectivity index (χ1) is 12.8. The van der Waals surface area contributed by atoms with Crippen molar-refractivity contribution in [3.63, 3.8) is 0 Å². The third-order valence-corrected chi connectivity index (χ3v) is 3.27. The normalized spacial score (nSPS) is 11.7. The number of aliphatic hydroxyl groups excluding tert-OH is 1. The Balaban J connectivity index is 2.53. The molecule has 0 saturated heterocycles. The summed E-state index contributed by atoms with van der Waals surface area (Å²) in [4.78, 5) is 32.1. The van der Waals surface area contributed by atoms with Gasteiger partial charge in [-0.15, -0.1) is 10.2 Å². The second-order valence-electron chi connectivity index (χ2n) is 4.94. The number of aliphatic hydroxyl groups is 1. The van der Waals surface area contributed by atoms with Crippen molar-refractivity contribution in [1.29, 1.82) is 0 Å². The summed E-state index contributed by atoms with van der Waals surface area (Å²) in [6, 6.07) is 10.6. The summed E-state index contributed by atoms with van der Waals surface area (Å²) in [6.07, 6.45) is 0. The number of carbonyl (C=O) groups is 1. The Morgan fingerprint density at radius 1 is 1.07 bits per heavy atom. The number of esters is 1. The third-order valence-electron chi connectivity index (χ3n) is 3.27. The highest BCUT2D eigenvalue weighted by Gasteiger charge is 2.21. The molecule has 0 radical (unpaired) electrons. The molecule has 27 heavy (non-hydrogen) atoms. The zero-order valence-electron chi connectivity index (χ0n) is 13.8. The summed E-state index contributed by atoms with van der Waals surface area (Å²) in [7, 11) is 1.06. The lowest BCUT2D eigenvalue weighted by Crippen LogP contribution is -2.05. The summed E-state index contributed by atoms with van der Waals surface area (Å²) >= 11 is 0. The van der Waals surface area contributed by atoms with Gasteiger partial charge in [-0.05, 0) is 6.07 Å². The number of nitro groups is 2. The number of methoxy groups -OCH3 is 1. The number of rotatable bonds is 6. The van der Waals surface area contributed by atoms with Crippen LogP contribution in [-0.2, 0) is 9.53 Å². The lowest BCUT2D eigenvalue weighted by molar-refractivity contribution is -0.393. The zero-order chi connectivity index (χ0) is 20.0. The maximum atomic E-state index is 11.9. The molecule has 0 aliphatic rings. The molecule has 0 atom stereocenters. The van der Waals surface area contributed by atoms with Gasteiger partial charge < -0.3 is 9.84 Å². The van der Waals surface area contributed by atoms with E-state index in [1.54, 1.807) is 18.2 Å². The maximum absolute atomic E-state index is 11.9. The van der Waals surface area contributed by atoms with E-state index >= 15 is 0 Å². The number of azo groups is 1. The average Bonchev–Trinajstić information content (AvgIpc) is 2.68. The van der Waals surface area contributed by atoms with Gasteiger partial charge in [0.2, 0.25) is 5.70 Å². The first-order valence-electron chi connectivity index (χ1n) is 7.26. The Morgan fingerprint density at radius 2 is 1.74 bits per heavy atom. The molecule has 0 amide bonds. The van der Waals surface area contributed by atoms with Gasteiger partial charge in [0, 0.05) is 11.6 Å². The second kappa shape index (κ2) is 8.29. The molecule has 1 N–H and O–H groups in total. The van der Waals surface area contributed by atoms with E-state index in [0.717, 1.165) is 19.2 Å². The topological polar surface area (TPSA) is 158 Å². The largest absolute Gasteiger partial charge is 0.505 e. The van der Waals surface area contributed by atoms with E-state index in [-0.39, 0.29) is 11.3 Å². The van der Waals surface area contributed by atoms with Gasteiger partial charge in [-0.2, -0.15) is 0 Å². The number of nitrogens with zero attached hydrogens (tertiary/aromatic N) is 4. The molecule has 2 rings (SSSR count). The van der Waals surface area contributed by atoms with E-state index in [4.69, 9.17) is 0 Å². The van der Waals surface area contributed by atoms with Crippen LogP contribution in [0.4, 0.5) is 17.1 Å². The summed E-state index contributed by atoms with van der Waals surface area (Å²) in [5.74, 6) is -1.57. The highest BCUT2D eigenvalue weighted by Crippen LogP contribution is 2.32. The van der Waals surface area contributed by atoms with Crippen molar-refractivity contribution in [2.75, 3.05) is 7.11 Å². The molecule has 2 aromatic rings. The highest BCUT2D eigenvalue weighted by molar-refractivity contribution is 5.95. The SMILES string of the molecule is COC(=O)/C(N=Nc1ccc([N+](=O)[O-])cc1[N+](=O)[O-])=C(/O)c1ccccc1. The number of ether oxygens (including phenoxy) is 1. The maximum Gasteiger partial charge on any atom is 0.362 e. The number of benzene rings is 2. The van der Waals surface area contributed by atoms with Gasteiger partial charge in [-0.3, -0.25) is 20.2 Å². The molecule has 0 fully saturated rings. The molecule has 0 aliphatic heterocycles. The lowest BCUT2D eigenvalue weighted by Gasteiger charge is -2.04. The number of carbonyl (C=O) groups excluding carboxylic acids is 1. The minimum Gasteiger partial charge on any atom is -0.505 e. The van der Waals surface area contributed by atoms with Crippen molar-refractivity contribution in [1.82, 2.24) is 0 Å². The Hall–Kier alpha value is -4.15. The zero-order valence-corrected chi connectivity index (χ0v) is 13.8. The summed E-state index contributed by atoms with van der Waals surface area (Å²) in [6.45, 7) is 0. The first-order valence-corrected chi connectivity index (χ1v) is 7.26. The minimum absolute atomic E-state index is 0.245. The van der Waals surface area contributed by atoms with E-state index in [2.05, 4.69) is 15.0 Å². The fourth-order valence-corrected chi connectivity index (χ4v) is 1.97. The van der Waals surface area contributed by atoms with Gasteiger partial charge in [-0.25, -0.2) is 4.79 Å². The quantitative estimate of drug-likeness (QED) is 0.202. The monoisotopic (exact) mass is 372 g/mol. The Bertz CT molecular complexity index is 954. The van der Waals surface area contributed by atoms with Crippen molar-refractivity contribution >= 4 is 28.8 Å². The van der Waals surface area contributed by atoms with Crippen LogP contribution in [-0.4, -0.2) is 28.0 Å². The van der Waals surface area contributed by atoms with E-state index < -0.39 is 38.6 Å². The van der Waals surface area contributed by atoms with Gasteiger partial charge >= 0.3 is 11.7 Å². The fraction of sp³-hybridized carbons (Fsp3) is 0.0625. The molecule has 0 saturated carbocycles. The molecule has 0 aromatic heterocycles. The van der Waals surface area contributed by atoms with Crippen LogP contribution in [0.1, 0.15) is 5.56 Å². The van der Waals surface area contributed by atoms with Crippen LogP contribution in [0.15, 0.2) is 64.5 Å². The molecule has 0 bridgehead atoms. The van der Waals surface area contributed by atoms with E-state index in [0.29, 0.717) is 6.07 Å². The Kier molecular flexibility index (Phi) is 5.89.